The Morgan fingerprint density at radius 2 is 1.97 bits per heavy atom. The Bertz CT molecular complexity index is 1400. The van der Waals surface area contributed by atoms with Gasteiger partial charge >= 0.3 is 6.33 Å². The summed E-state index contributed by atoms with van der Waals surface area (Å²) in [5, 5.41) is 4.52. The van der Waals surface area contributed by atoms with E-state index in [1.165, 1.54) is 6.33 Å². The fourth-order valence-corrected chi connectivity index (χ4v) is 3.38. The van der Waals surface area contributed by atoms with E-state index in [0.717, 1.165) is 39.3 Å². The van der Waals surface area contributed by atoms with Crippen LogP contribution in [0.25, 0.3) is 16.6 Å². The Morgan fingerprint density at radius 3 is 2.83 bits per heavy atom. The molecule has 1 aromatic carbocycles. The van der Waals surface area contributed by atoms with Gasteiger partial charge in [0.1, 0.15) is 35.8 Å². The van der Waals surface area contributed by atoms with Crippen molar-refractivity contribution in [3.8, 4) is 11.5 Å². The van der Waals surface area contributed by atoms with Crippen LogP contribution in [-0.4, -0.2) is 24.5 Å². The maximum Gasteiger partial charge on any atom is 0.307 e. The monoisotopic (exact) mass is 418 g/mol. The third-order valence-electron chi connectivity index (χ3n) is 4.74. The number of fused-ring (bicyclic) bond motifs is 2. The minimum Gasteiger partial charge on any atom is -0.457 e. The van der Waals surface area contributed by atoms with Crippen molar-refractivity contribution in [2.24, 2.45) is 7.05 Å². The molecule has 0 aliphatic rings. The van der Waals surface area contributed by atoms with Gasteiger partial charge in [-0.15, -0.1) is 4.52 Å². The van der Waals surface area contributed by atoms with Crippen molar-refractivity contribution in [1.29, 1.82) is 0 Å². The zero-order valence-corrected chi connectivity index (χ0v) is 17.0. The highest BCUT2D eigenvalue weighted by Crippen LogP contribution is 2.30. The number of rotatable bonds is 4. The van der Waals surface area contributed by atoms with Crippen molar-refractivity contribution in [2.45, 2.75) is 6.92 Å². The van der Waals surface area contributed by atoms with Crippen LogP contribution in [0.3, 0.4) is 0 Å². The Labute approximate surface area is 176 Å². The number of anilines is 2. The predicted octanol–water partition coefficient (Wildman–Crippen LogP) is 3.99. The Balaban J connectivity index is 1.41. The first-order valence-corrected chi connectivity index (χ1v) is 9.59. The second-order valence-corrected chi connectivity index (χ2v) is 7.22. The van der Waals surface area contributed by atoms with Crippen molar-refractivity contribution < 1.29 is 9.42 Å². The first-order chi connectivity index (χ1) is 14.6. The van der Waals surface area contributed by atoms with Gasteiger partial charge in [-0.1, -0.05) is 11.6 Å². The summed E-state index contributed by atoms with van der Waals surface area (Å²) < 4.78 is 9.90. The summed E-state index contributed by atoms with van der Waals surface area (Å²) in [4.78, 5) is 17.0. The highest BCUT2D eigenvalue weighted by Gasteiger charge is 2.11. The molecule has 5 aromatic rings. The highest BCUT2D eigenvalue weighted by molar-refractivity contribution is 6.30. The SMILES string of the molecule is Cc1cc(Nc2ncnc3cnc(Cl)cc23)ccc1Oc1ccn2c(c1)nc[n+]2C. The molecule has 0 atom stereocenters. The lowest BCUT2D eigenvalue weighted by Crippen LogP contribution is -2.33. The van der Waals surface area contributed by atoms with Crippen molar-refractivity contribution in [3.63, 3.8) is 0 Å². The largest absolute Gasteiger partial charge is 0.457 e. The van der Waals surface area contributed by atoms with Gasteiger partial charge in [-0.3, -0.25) is 0 Å². The third kappa shape index (κ3) is 3.37. The van der Waals surface area contributed by atoms with Gasteiger partial charge in [-0.2, -0.15) is 4.68 Å². The highest BCUT2D eigenvalue weighted by atomic mass is 35.5. The molecule has 8 nitrogen and oxygen atoms in total. The topological polar surface area (TPSA) is 81.1 Å². The number of benzene rings is 1. The molecule has 0 aliphatic heterocycles. The first-order valence-electron chi connectivity index (χ1n) is 9.22. The van der Waals surface area contributed by atoms with Crippen molar-refractivity contribution in [1.82, 2.24) is 24.5 Å². The summed E-state index contributed by atoms with van der Waals surface area (Å²) in [5.74, 6) is 2.15. The summed E-state index contributed by atoms with van der Waals surface area (Å²) >= 11 is 6.04. The normalized spacial score (nSPS) is 11.2. The summed E-state index contributed by atoms with van der Waals surface area (Å²) in [5.41, 5.74) is 3.39. The molecule has 4 aromatic heterocycles. The van der Waals surface area contributed by atoms with Crippen molar-refractivity contribution >= 4 is 39.7 Å². The smallest absolute Gasteiger partial charge is 0.307 e. The fraction of sp³-hybridized carbons (Fsp3) is 0.0952. The zero-order chi connectivity index (χ0) is 20.7. The van der Waals surface area contributed by atoms with E-state index in [-0.39, 0.29) is 0 Å². The van der Waals surface area contributed by atoms with E-state index in [2.05, 4.69) is 25.3 Å². The van der Waals surface area contributed by atoms with E-state index in [0.29, 0.717) is 11.0 Å². The molecule has 0 spiro atoms. The van der Waals surface area contributed by atoms with Gasteiger partial charge in [0.2, 0.25) is 0 Å². The molecule has 0 amide bonds. The van der Waals surface area contributed by atoms with Crippen LogP contribution >= 0.6 is 11.6 Å². The molecule has 0 aliphatic carbocycles. The third-order valence-corrected chi connectivity index (χ3v) is 4.94. The molecule has 0 radical (unpaired) electrons. The average Bonchev–Trinajstić information content (AvgIpc) is 3.11. The first kappa shape index (κ1) is 18.3. The van der Waals surface area contributed by atoms with Crippen LogP contribution in [-0.2, 0) is 7.05 Å². The van der Waals surface area contributed by atoms with E-state index in [4.69, 9.17) is 16.3 Å². The van der Waals surface area contributed by atoms with Gasteiger partial charge < -0.3 is 10.1 Å². The van der Waals surface area contributed by atoms with Gasteiger partial charge in [-0.25, -0.2) is 15.0 Å². The fourth-order valence-electron chi connectivity index (χ4n) is 3.23. The summed E-state index contributed by atoms with van der Waals surface area (Å²) in [6, 6.07) is 11.4. The molecule has 0 saturated carbocycles. The molecule has 4 heterocycles. The molecular weight excluding hydrogens is 402 g/mol. The van der Waals surface area contributed by atoms with Crippen LogP contribution in [0.15, 0.2) is 61.4 Å². The Morgan fingerprint density at radius 1 is 1.07 bits per heavy atom. The lowest BCUT2D eigenvalue weighted by Gasteiger charge is -2.12. The molecule has 1 N–H and O–H groups in total. The number of aromatic nitrogens is 6. The lowest BCUT2D eigenvalue weighted by atomic mass is 10.2. The van der Waals surface area contributed by atoms with E-state index in [1.54, 1.807) is 18.6 Å². The maximum atomic E-state index is 6.08. The minimum absolute atomic E-state index is 0.392. The molecule has 5 rings (SSSR count). The average molecular weight is 419 g/mol. The van der Waals surface area contributed by atoms with Gasteiger partial charge in [0.15, 0.2) is 0 Å². The van der Waals surface area contributed by atoms with E-state index in [9.17, 15) is 0 Å². The van der Waals surface area contributed by atoms with Crippen molar-refractivity contribution in [2.75, 3.05) is 5.32 Å². The summed E-state index contributed by atoms with van der Waals surface area (Å²) in [6.07, 6.45) is 6.80. The number of nitrogens with zero attached hydrogens (tertiary/aromatic N) is 6. The standard InChI is InChI=1S/C21H17ClN7O/c1-13-7-14(27-21-16-9-19(22)23-10-17(16)24-11-25-21)3-4-18(13)30-15-5-6-29-20(8-15)26-12-28(29)2/h3-12H,1-2H3,(H,24,25,27)/q+1. The van der Waals surface area contributed by atoms with Gasteiger partial charge in [0.25, 0.3) is 5.65 Å². The molecule has 0 fully saturated rings. The molecular formula is C21H17ClN7O+. The Hall–Kier alpha value is -3.78. The molecule has 148 valence electrons. The maximum absolute atomic E-state index is 6.08. The van der Waals surface area contributed by atoms with Gasteiger partial charge in [0, 0.05) is 17.1 Å². The summed E-state index contributed by atoms with van der Waals surface area (Å²) in [7, 11) is 1.93. The van der Waals surface area contributed by atoms with E-state index in [1.807, 2.05) is 59.7 Å². The predicted molar refractivity (Wildman–Crippen MR) is 113 cm³/mol. The van der Waals surface area contributed by atoms with Crippen LogP contribution in [0.5, 0.6) is 11.5 Å². The molecule has 30 heavy (non-hydrogen) atoms. The molecule has 0 unspecified atom stereocenters. The number of aryl methyl sites for hydroxylation is 2. The van der Waals surface area contributed by atoms with Gasteiger partial charge in [0.05, 0.1) is 24.0 Å². The van der Waals surface area contributed by atoms with Gasteiger partial charge in [-0.05, 0) is 41.7 Å². The quantitative estimate of drug-likeness (QED) is 0.351. The molecule has 9 heteroatoms. The second kappa shape index (κ2) is 7.23. The van der Waals surface area contributed by atoms with Crippen LogP contribution in [0, 0.1) is 6.92 Å². The summed E-state index contributed by atoms with van der Waals surface area (Å²) in [6.45, 7) is 1.99. The second-order valence-electron chi connectivity index (χ2n) is 6.84. The minimum atomic E-state index is 0.392. The van der Waals surface area contributed by atoms with Crippen molar-refractivity contribution in [3.05, 3.63) is 72.2 Å². The van der Waals surface area contributed by atoms with Crippen LogP contribution < -0.4 is 14.7 Å². The lowest BCUT2D eigenvalue weighted by molar-refractivity contribution is -0.739. The molecule has 0 bridgehead atoms. The molecule has 0 saturated heterocycles. The Kier molecular flexibility index (Phi) is 4.40. The number of ether oxygens (including phenoxy) is 1. The van der Waals surface area contributed by atoms with E-state index < -0.39 is 0 Å². The number of pyridine rings is 2. The number of halogens is 1. The van der Waals surface area contributed by atoms with Crippen LogP contribution in [0.2, 0.25) is 5.15 Å². The van der Waals surface area contributed by atoms with E-state index >= 15 is 0 Å². The number of hydrogen-bond donors (Lipinski definition) is 1. The zero-order valence-electron chi connectivity index (χ0n) is 16.2. The van der Waals surface area contributed by atoms with Crippen LogP contribution in [0.1, 0.15) is 5.56 Å². The number of hydrogen-bond acceptors (Lipinski definition) is 6. The van der Waals surface area contributed by atoms with Crippen LogP contribution in [0.4, 0.5) is 11.5 Å². The number of nitrogens with one attached hydrogen (secondary N) is 1.